The van der Waals surface area contributed by atoms with E-state index in [4.69, 9.17) is 4.42 Å². The molecule has 11 heteroatoms. The first kappa shape index (κ1) is 25.5. The molecule has 0 spiro atoms. The summed E-state index contributed by atoms with van der Waals surface area (Å²) in [5.74, 6) is -3.80. The fraction of sp³-hybridized carbons (Fsp3) is 0.400. The van der Waals surface area contributed by atoms with Gasteiger partial charge in [-0.05, 0) is 23.6 Å². The van der Waals surface area contributed by atoms with Gasteiger partial charge in [-0.2, -0.15) is 0 Å². The van der Waals surface area contributed by atoms with Gasteiger partial charge in [-0.1, -0.05) is 20.8 Å². The number of furan rings is 1. The quantitative estimate of drug-likeness (QED) is 0.503. The van der Waals surface area contributed by atoms with E-state index in [0.717, 1.165) is 11.8 Å². The zero-order valence-electron chi connectivity index (χ0n) is 20.5. The second-order valence-corrected chi connectivity index (χ2v) is 9.81. The van der Waals surface area contributed by atoms with Crippen molar-refractivity contribution in [1.82, 2.24) is 25.1 Å². The van der Waals surface area contributed by atoms with Gasteiger partial charge in [-0.3, -0.25) is 14.5 Å². The van der Waals surface area contributed by atoms with Gasteiger partial charge >= 0.3 is 0 Å². The molecule has 4 rings (SSSR count). The van der Waals surface area contributed by atoms with E-state index in [9.17, 15) is 22.8 Å². The van der Waals surface area contributed by atoms with Crippen LogP contribution in [0, 0.1) is 22.9 Å². The summed E-state index contributed by atoms with van der Waals surface area (Å²) in [5.41, 5.74) is -0.423. The fourth-order valence-electron chi connectivity index (χ4n) is 4.28. The van der Waals surface area contributed by atoms with E-state index < -0.39 is 34.8 Å². The molecule has 3 heterocycles. The normalized spacial score (nSPS) is 14.9. The van der Waals surface area contributed by atoms with Gasteiger partial charge in [0.15, 0.2) is 17.3 Å². The minimum Gasteiger partial charge on any atom is -0.468 e. The predicted octanol–water partition coefficient (Wildman–Crippen LogP) is 3.47. The number of aromatic nitrogens is 2. The zero-order valence-corrected chi connectivity index (χ0v) is 20.5. The van der Waals surface area contributed by atoms with Crippen LogP contribution in [0.3, 0.4) is 0 Å². The summed E-state index contributed by atoms with van der Waals surface area (Å²) in [6.07, 6.45) is 1.57. The third-order valence-corrected chi connectivity index (χ3v) is 6.16. The Morgan fingerprint density at radius 3 is 2.50 bits per heavy atom. The van der Waals surface area contributed by atoms with Gasteiger partial charge in [0.25, 0.3) is 5.91 Å². The number of carbonyl (C=O) groups excluding carboxylic acids is 2. The highest BCUT2D eigenvalue weighted by Gasteiger charge is 2.35. The van der Waals surface area contributed by atoms with Crippen molar-refractivity contribution >= 4 is 11.8 Å². The van der Waals surface area contributed by atoms with Gasteiger partial charge in [0.05, 0.1) is 24.1 Å². The maximum absolute atomic E-state index is 14.7. The lowest BCUT2D eigenvalue weighted by Crippen LogP contribution is -2.53. The molecule has 1 aliphatic rings. The molecule has 192 valence electrons. The van der Waals surface area contributed by atoms with E-state index in [1.807, 2.05) is 31.7 Å². The van der Waals surface area contributed by atoms with E-state index in [0.29, 0.717) is 31.4 Å². The molecular formula is C25H28F3N5O3. The Labute approximate surface area is 206 Å². The summed E-state index contributed by atoms with van der Waals surface area (Å²) >= 11 is 0. The molecule has 1 atom stereocenters. The van der Waals surface area contributed by atoms with Crippen molar-refractivity contribution in [1.29, 1.82) is 0 Å². The third kappa shape index (κ3) is 5.01. The molecule has 8 nitrogen and oxygen atoms in total. The molecule has 2 N–H and O–H groups in total. The Morgan fingerprint density at radius 2 is 1.86 bits per heavy atom. The topological polar surface area (TPSA) is 92.4 Å². The van der Waals surface area contributed by atoms with Crippen LogP contribution in [0.5, 0.6) is 0 Å². The maximum Gasteiger partial charge on any atom is 0.272 e. The Balaban J connectivity index is 1.76. The smallest absolute Gasteiger partial charge is 0.272 e. The average Bonchev–Trinajstić information content (AvgIpc) is 3.46. The lowest BCUT2D eigenvalue weighted by atomic mass is 9.86. The van der Waals surface area contributed by atoms with Gasteiger partial charge < -0.3 is 19.6 Å². The summed E-state index contributed by atoms with van der Waals surface area (Å²) in [6.45, 7) is 7.00. The Kier molecular flexibility index (Phi) is 6.94. The largest absolute Gasteiger partial charge is 0.468 e. The molecule has 0 saturated carbocycles. The van der Waals surface area contributed by atoms with Crippen LogP contribution in [0.2, 0.25) is 0 Å². The summed E-state index contributed by atoms with van der Waals surface area (Å²) in [5, 5.41) is 5.29. The van der Waals surface area contributed by atoms with Crippen LogP contribution in [0.15, 0.2) is 34.9 Å². The molecule has 1 aliphatic heterocycles. The number of rotatable bonds is 6. The highest BCUT2D eigenvalue weighted by Crippen LogP contribution is 2.31. The Bertz CT molecular complexity index is 1280. The number of hydrogen-bond acceptors (Lipinski definition) is 5. The van der Waals surface area contributed by atoms with Gasteiger partial charge in [0, 0.05) is 32.7 Å². The van der Waals surface area contributed by atoms with Crippen LogP contribution in [-0.2, 0) is 24.4 Å². The number of carbonyl (C=O) groups is 2. The summed E-state index contributed by atoms with van der Waals surface area (Å²) in [6, 6.07) is 3.92. The van der Waals surface area contributed by atoms with Crippen molar-refractivity contribution < 1.29 is 27.2 Å². The monoisotopic (exact) mass is 503 g/mol. The first-order valence-corrected chi connectivity index (χ1v) is 11.5. The van der Waals surface area contributed by atoms with Crippen LogP contribution in [0.1, 0.15) is 42.7 Å². The number of likely N-dealkylation sites (N-methyl/N-ethyl adjacent to an activating group) is 1. The standard InChI is InChI=1S/C25H28F3N5O3/c1-25(2,3)21(24(35)29-4)31-23(34)20-19-13-32(12-14-6-5-9-36-14)7-8-33(19)22(30-20)15-10-17(27)18(28)11-16(15)26/h5-6,9-11,21H,7-8,12-13H2,1-4H3,(H,29,35)(H,31,34)/t21-/m1/s1. The van der Waals surface area contributed by atoms with Crippen LogP contribution in [0.4, 0.5) is 13.2 Å². The van der Waals surface area contributed by atoms with Crippen molar-refractivity contribution in [3.63, 3.8) is 0 Å². The number of nitrogens with one attached hydrogen (secondary N) is 2. The lowest BCUT2D eigenvalue weighted by molar-refractivity contribution is -0.124. The van der Waals surface area contributed by atoms with Crippen molar-refractivity contribution in [3.05, 3.63) is 65.1 Å². The van der Waals surface area contributed by atoms with Crippen LogP contribution >= 0.6 is 0 Å². The van der Waals surface area contributed by atoms with E-state index in [2.05, 4.69) is 15.6 Å². The lowest BCUT2D eigenvalue weighted by Gasteiger charge is -2.30. The number of halogens is 3. The predicted molar refractivity (Wildman–Crippen MR) is 125 cm³/mol. The summed E-state index contributed by atoms with van der Waals surface area (Å²) in [7, 11) is 1.47. The fourth-order valence-corrected chi connectivity index (χ4v) is 4.28. The van der Waals surface area contributed by atoms with E-state index in [1.165, 1.54) is 7.05 Å². The van der Waals surface area contributed by atoms with Crippen molar-refractivity contribution in [2.24, 2.45) is 5.41 Å². The van der Waals surface area contributed by atoms with Gasteiger partial charge in [-0.25, -0.2) is 18.2 Å². The first-order chi connectivity index (χ1) is 17.0. The highest BCUT2D eigenvalue weighted by molar-refractivity contribution is 5.98. The molecular weight excluding hydrogens is 475 g/mol. The maximum atomic E-state index is 14.7. The SMILES string of the molecule is CNC(=O)[C@@H](NC(=O)c1nc(-c2cc(F)c(F)cc2F)n2c1CN(Cc1ccco1)CC2)C(C)(C)C. The van der Waals surface area contributed by atoms with Gasteiger partial charge in [-0.15, -0.1) is 0 Å². The third-order valence-electron chi connectivity index (χ3n) is 6.16. The minimum absolute atomic E-state index is 0.0106. The molecule has 2 aromatic heterocycles. The van der Waals surface area contributed by atoms with Gasteiger partial charge in [0.2, 0.25) is 5.91 Å². The van der Waals surface area contributed by atoms with E-state index >= 15 is 0 Å². The molecule has 2 amide bonds. The second kappa shape index (κ2) is 9.81. The zero-order chi connectivity index (χ0) is 26.2. The molecule has 0 unspecified atom stereocenters. The van der Waals surface area contributed by atoms with Crippen molar-refractivity contribution in [3.8, 4) is 11.4 Å². The number of imidazole rings is 1. The van der Waals surface area contributed by atoms with E-state index in [-0.39, 0.29) is 29.5 Å². The summed E-state index contributed by atoms with van der Waals surface area (Å²) < 4.78 is 49.4. The number of fused-ring (bicyclic) bond motifs is 1. The molecule has 0 radical (unpaired) electrons. The van der Waals surface area contributed by atoms with Gasteiger partial charge in [0.1, 0.15) is 23.4 Å². The molecule has 0 saturated heterocycles. The minimum atomic E-state index is -1.32. The average molecular weight is 504 g/mol. The Hall–Kier alpha value is -3.60. The van der Waals surface area contributed by atoms with Crippen LogP contribution in [0.25, 0.3) is 11.4 Å². The molecule has 0 fully saturated rings. The first-order valence-electron chi connectivity index (χ1n) is 11.5. The van der Waals surface area contributed by atoms with E-state index in [1.54, 1.807) is 16.9 Å². The molecule has 1 aromatic carbocycles. The summed E-state index contributed by atoms with van der Waals surface area (Å²) in [4.78, 5) is 32.3. The van der Waals surface area contributed by atoms with Crippen LogP contribution in [-0.4, -0.2) is 45.9 Å². The Morgan fingerprint density at radius 1 is 1.14 bits per heavy atom. The second-order valence-electron chi connectivity index (χ2n) is 9.81. The molecule has 3 aromatic rings. The molecule has 0 aliphatic carbocycles. The number of benzene rings is 1. The van der Waals surface area contributed by atoms with Crippen molar-refractivity contribution in [2.45, 2.75) is 46.4 Å². The highest BCUT2D eigenvalue weighted by atomic mass is 19.2. The number of nitrogens with zero attached hydrogens (tertiary/aromatic N) is 3. The molecule has 0 bridgehead atoms. The molecule has 36 heavy (non-hydrogen) atoms. The number of amides is 2. The van der Waals surface area contributed by atoms with Crippen molar-refractivity contribution in [2.75, 3.05) is 13.6 Å². The van der Waals surface area contributed by atoms with Crippen LogP contribution < -0.4 is 10.6 Å². The number of hydrogen-bond donors (Lipinski definition) is 2.